The van der Waals surface area contributed by atoms with Crippen LogP contribution in [-0.2, 0) is 22.6 Å². The number of hydrogen-bond acceptors (Lipinski definition) is 3. The van der Waals surface area contributed by atoms with Crippen LogP contribution < -0.4 is 5.32 Å². The quantitative estimate of drug-likeness (QED) is 0.167. The van der Waals surface area contributed by atoms with Crippen molar-refractivity contribution >= 4 is 58.4 Å². The van der Waals surface area contributed by atoms with Gasteiger partial charge in [-0.1, -0.05) is 78.1 Å². The molecule has 0 bridgehead atoms. The van der Waals surface area contributed by atoms with Gasteiger partial charge in [0.25, 0.3) is 0 Å². The lowest BCUT2D eigenvalue weighted by molar-refractivity contribution is -0.141. The van der Waals surface area contributed by atoms with Crippen LogP contribution in [0.5, 0.6) is 0 Å². The number of hydrogen-bond donors (Lipinski definition) is 1. The summed E-state index contributed by atoms with van der Waals surface area (Å²) in [5.41, 5.74) is 1.61. The van der Waals surface area contributed by atoms with Crippen molar-refractivity contribution in [2.45, 2.75) is 50.1 Å². The number of rotatable bonds is 13. The fraction of sp³-hybridized carbons (Fsp3) is 0.310. The fourth-order valence-corrected chi connectivity index (χ4v) is 5.36. The van der Waals surface area contributed by atoms with Gasteiger partial charge in [-0.15, -0.1) is 11.8 Å². The highest BCUT2D eigenvalue weighted by Gasteiger charge is 2.31. The van der Waals surface area contributed by atoms with Gasteiger partial charge in [0.15, 0.2) is 0 Å². The van der Waals surface area contributed by atoms with Gasteiger partial charge in [-0.2, -0.15) is 0 Å². The van der Waals surface area contributed by atoms with Crippen molar-refractivity contribution < 1.29 is 9.59 Å². The first-order chi connectivity index (χ1) is 17.9. The van der Waals surface area contributed by atoms with Gasteiger partial charge in [0.2, 0.25) is 11.8 Å². The number of benzene rings is 3. The van der Waals surface area contributed by atoms with Gasteiger partial charge < -0.3 is 10.2 Å². The Kier molecular flexibility index (Phi) is 12.1. The lowest BCUT2D eigenvalue weighted by Gasteiger charge is -2.32. The Labute approximate surface area is 238 Å². The van der Waals surface area contributed by atoms with Crippen LogP contribution in [0.25, 0.3) is 0 Å². The zero-order chi connectivity index (χ0) is 26.6. The molecule has 0 spiro atoms. The fourth-order valence-electron chi connectivity index (χ4n) is 3.86. The highest BCUT2D eigenvalue weighted by atomic mass is 35.5. The van der Waals surface area contributed by atoms with E-state index in [9.17, 15) is 9.59 Å². The third-order valence-corrected chi connectivity index (χ3v) is 7.89. The largest absolute Gasteiger partial charge is 0.354 e. The molecular weight excluding hydrogens is 547 g/mol. The van der Waals surface area contributed by atoms with Crippen LogP contribution in [0.4, 0.5) is 0 Å². The Morgan fingerprint density at radius 2 is 1.59 bits per heavy atom. The van der Waals surface area contributed by atoms with E-state index in [0.29, 0.717) is 46.4 Å². The predicted octanol–water partition coefficient (Wildman–Crippen LogP) is 7.69. The molecule has 196 valence electrons. The SMILES string of the molecule is CCCNC(=O)[C@H](Cc1ccccc1)N(Cc1c(Cl)cccc1Cl)C(=O)CCCSc1ccc(Cl)cc1. The number of nitrogens with zero attached hydrogens (tertiary/aromatic N) is 1. The van der Waals surface area contributed by atoms with Crippen LogP contribution in [-0.4, -0.2) is 35.1 Å². The van der Waals surface area contributed by atoms with E-state index in [1.165, 1.54) is 0 Å². The maximum Gasteiger partial charge on any atom is 0.243 e. The van der Waals surface area contributed by atoms with Crippen LogP contribution >= 0.6 is 46.6 Å². The number of thioether (sulfide) groups is 1. The molecule has 3 aromatic rings. The van der Waals surface area contributed by atoms with E-state index in [1.54, 1.807) is 34.9 Å². The molecule has 0 unspecified atom stereocenters. The highest BCUT2D eigenvalue weighted by Crippen LogP contribution is 2.28. The monoisotopic (exact) mass is 576 g/mol. The van der Waals surface area contributed by atoms with Crippen molar-refractivity contribution in [1.29, 1.82) is 0 Å². The summed E-state index contributed by atoms with van der Waals surface area (Å²) in [6, 6.07) is 21.9. The summed E-state index contributed by atoms with van der Waals surface area (Å²) in [6.45, 7) is 2.69. The second-order valence-corrected chi connectivity index (χ2v) is 11.0. The van der Waals surface area contributed by atoms with Crippen molar-refractivity contribution in [3.63, 3.8) is 0 Å². The molecule has 3 aromatic carbocycles. The van der Waals surface area contributed by atoms with Gasteiger partial charge in [0.05, 0.1) is 0 Å². The first kappa shape index (κ1) is 29.4. The Morgan fingerprint density at radius 1 is 0.919 bits per heavy atom. The molecule has 2 amide bonds. The molecule has 0 radical (unpaired) electrons. The summed E-state index contributed by atoms with van der Waals surface area (Å²) >= 11 is 20.6. The molecule has 37 heavy (non-hydrogen) atoms. The summed E-state index contributed by atoms with van der Waals surface area (Å²) in [6.07, 6.45) is 2.16. The van der Waals surface area contributed by atoms with Crippen molar-refractivity contribution in [3.05, 3.63) is 99.0 Å². The average Bonchev–Trinajstić information content (AvgIpc) is 2.90. The standard InChI is InChI=1S/C29H31Cl3N2O2S/c1-2-17-33-29(36)27(19-21-8-4-3-5-9-21)34(20-24-25(31)10-6-11-26(24)32)28(35)12-7-18-37-23-15-13-22(30)14-16-23/h3-6,8-11,13-16,27H,2,7,12,17-20H2,1H3,(H,33,36)/t27-/m0/s1. The van der Waals surface area contributed by atoms with E-state index in [2.05, 4.69) is 5.32 Å². The van der Waals surface area contributed by atoms with Crippen LogP contribution in [0.1, 0.15) is 37.3 Å². The van der Waals surface area contributed by atoms with Crippen LogP contribution in [0.3, 0.4) is 0 Å². The van der Waals surface area contributed by atoms with E-state index >= 15 is 0 Å². The molecule has 0 fully saturated rings. The predicted molar refractivity (Wildman–Crippen MR) is 156 cm³/mol. The maximum absolute atomic E-state index is 13.7. The molecule has 0 saturated carbocycles. The number of amides is 2. The number of carbonyl (C=O) groups excluding carboxylic acids is 2. The Hall–Kier alpha value is -2.18. The van der Waals surface area contributed by atoms with E-state index < -0.39 is 6.04 Å². The van der Waals surface area contributed by atoms with Crippen molar-refractivity contribution in [2.75, 3.05) is 12.3 Å². The summed E-state index contributed by atoms with van der Waals surface area (Å²) in [7, 11) is 0. The van der Waals surface area contributed by atoms with Gasteiger partial charge in [0.1, 0.15) is 6.04 Å². The first-order valence-corrected chi connectivity index (χ1v) is 14.4. The van der Waals surface area contributed by atoms with Crippen molar-refractivity contribution in [2.24, 2.45) is 0 Å². The topological polar surface area (TPSA) is 49.4 Å². The summed E-state index contributed by atoms with van der Waals surface area (Å²) in [4.78, 5) is 29.8. The van der Waals surface area contributed by atoms with Gasteiger partial charge in [0, 0.05) is 51.5 Å². The Balaban J connectivity index is 1.82. The highest BCUT2D eigenvalue weighted by molar-refractivity contribution is 7.99. The molecular formula is C29H31Cl3N2O2S. The van der Waals surface area contributed by atoms with Gasteiger partial charge in [-0.25, -0.2) is 0 Å². The average molecular weight is 578 g/mol. The molecule has 0 aliphatic carbocycles. The van der Waals surface area contributed by atoms with E-state index in [0.717, 1.165) is 22.6 Å². The molecule has 1 N–H and O–H groups in total. The number of halogens is 3. The summed E-state index contributed by atoms with van der Waals surface area (Å²) < 4.78 is 0. The third-order valence-electron chi connectivity index (χ3n) is 5.83. The molecule has 4 nitrogen and oxygen atoms in total. The van der Waals surface area contributed by atoms with E-state index in [-0.39, 0.29) is 18.4 Å². The Bertz CT molecular complexity index is 1140. The second-order valence-electron chi connectivity index (χ2n) is 8.62. The molecule has 8 heteroatoms. The minimum atomic E-state index is -0.697. The zero-order valence-electron chi connectivity index (χ0n) is 20.8. The lowest BCUT2D eigenvalue weighted by Crippen LogP contribution is -2.50. The van der Waals surface area contributed by atoms with Gasteiger partial charge in [-0.3, -0.25) is 9.59 Å². The van der Waals surface area contributed by atoms with Crippen LogP contribution in [0.2, 0.25) is 15.1 Å². The van der Waals surface area contributed by atoms with Crippen LogP contribution in [0, 0.1) is 0 Å². The van der Waals surface area contributed by atoms with E-state index in [4.69, 9.17) is 34.8 Å². The smallest absolute Gasteiger partial charge is 0.243 e. The zero-order valence-corrected chi connectivity index (χ0v) is 23.8. The van der Waals surface area contributed by atoms with Crippen molar-refractivity contribution in [1.82, 2.24) is 10.2 Å². The molecule has 0 aromatic heterocycles. The normalized spacial score (nSPS) is 11.7. The van der Waals surface area contributed by atoms with Gasteiger partial charge >= 0.3 is 0 Å². The van der Waals surface area contributed by atoms with Crippen molar-refractivity contribution in [3.8, 4) is 0 Å². The van der Waals surface area contributed by atoms with Gasteiger partial charge in [-0.05, 0) is 60.6 Å². The number of carbonyl (C=O) groups is 2. The molecule has 0 aliphatic heterocycles. The summed E-state index contributed by atoms with van der Waals surface area (Å²) in [5.74, 6) is 0.470. The molecule has 1 atom stereocenters. The third kappa shape index (κ3) is 9.26. The second kappa shape index (κ2) is 15.3. The van der Waals surface area contributed by atoms with E-state index in [1.807, 2.05) is 61.5 Å². The Morgan fingerprint density at radius 3 is 2.24 bits per heavy atom. The lowest BCUT2D eigenvalue weighted by atomic mass is 10.0. The molecule has 0 aliphatic rings. The summed E-state index contributed by atoms with van der Waals surface area (Å²) in [5, 5.41) is 4.61. The van der Waals surface area contributed by atoms with Crippen LogP contribution in [0.15, 0.2) is 77.7 Å². The molecule has 0 heterocycles. The number of nitrogens with one attached hydrogen (secondary N) is 1. The minimum absolute atomic E-state index is 0.111. The molecule has 3 rings (SSSR count). The first-order valence-electron chi connectivity index (χ1n) is 12.3. The maximum atomic E-state index is 13.7. The minimum Gasteiger partial charge on any atom is -0.354 e. The molecule has 0 saturated heterocycles.